The molecule has 0 saturated heterocycles. The molecule has 0 spiro atoms. The number of ether oxygens (including phenoxy) is 2. The average Bonchev–Trinajstić information content (AvgIpc) is 3.01. The Morgan fingerprint density at radius 1 is 0.927 bits per heavy atom. The van der Waals surface area contributed by atoms with Crippen LogP contribution in [0.2, 0.25) is 0 Å². The first-order chi connectivity index (χ1) is 20.1. The highest BCUT2D eigenvalue weighted by molar-refractivity contribution is 6.00. The molecule has 0 bridgehead atoms. The standard InChI is InChI=1S/C34H34N4O3/c1-40-32-21-26-14-17-38(18-16-36-34(39)37-30-13-15-35-29-10-6-5-9-27(29)30)31(28(26)22-33(32)41-2)20-23-11-12-24-7-3-4-8-25(24)19-23/h3-13,15,19,21-22,31H,14,16-18,20H2,1-2H3,(H2,35,36,37,39). The zero-order valence-corrected chi connectivity index (χ0v) is 23.4. The van der Waals surface area contributed by atoms with E-state index in [-0.39, 0.29) is 12.1 Å². The Kier molecular flexibility index (Phi) is 7.69. The molecule has 6 rings (SSSR count). The second-order valence-electron chi connectivity index (χ2n) is 10.3. The Morgan fingerprint density at radius 3 is 2.56 bits per heavy atom. The Labute approximate surface area is 240 Å². The van der Waals surface area contributed by atoms with Crippen LogP contribution in [0, 0.1) is 0 Å². The second kappa shape index (κ2) is 11.9. The van der Waals surface area contributed by atoms with Crippen LogP contribution < -0.4 is 20.1 Å². The van der Waals surface area contributed by atoms with Crippen molar-refractivity contribution in [2.24, 2.45) is 0 Å². The molecule has 41 heavy (non-hydrogen) atoms. The summed E-state index contributed by atoms with van der Waals surface area (Å²) in [6.45, 7) is 2.13. The first-order valence-electron chi connectivity index (χ1n) is 14.0. The van der Waals surface area contributed by atoms with Gasteiger partial charge in [-0.2, -0.15) is 0 Å². The Morgan fingerprint density at radius 2 is 1.71 bits per heavy atom. The smallest absolute Gasteiger partial charge is 0.319 e. The molecule has 0 saturated carbocycles. The number of rotatable bonds is 8. The van der Waals surface area contributed by atoms with Crippen molar-refractivity contribution >= 4 is 33.4 Å². The van der Waals surface area contributed by atoms with Crippen molar-refractivity contribution in [3.63, 3.8) is 0 Å². The summed E-state index contributed by atoms with van der Waals surface area (Å²) >= 11 is 0. The van der Waals surface area contributed by atoms with Crippen LogP contribution in [0.25, 0.3) is 21.7 Å². The normalized spacial score (nSPS) is 14.9. The van der Waals surface area contributed by atoms with Crippen molar-refractivity contribution in [3.05, 3.63) is 108 Å². The molecule has 1 aliphatic heterocycles. The van der Waals surface area contributed by atoms with Crippen molar-refractivity contribution < 1.29 is 14.3 Å². The maximum absolute atomic E-state index is 12.9. The van der Waals surface area contributed by atoms with Crippen LogP contribution in [-0.4, -0.2) is 49.8 Å². The monoisotopic (exact) mass is 546 g/mol. The minimum Gasteiger partial charge on any atom is -0.493 e. The first-order valence-corrected chi connectivity index (χ1v) is 14.0. The summed E-state index contributed by atoms with van der Waals surface area (Å²) in [7, 11) is 3.36. The number of amides is 2. The highest BCUT2D eigenvalue weighted by Crippen LogP contribution is 2.39. The van der Waals surface area contributed by atoms with Crippen LogP contribution in [0.5, 0.6) is 11.5 Å². The number of hydrogen-bond donors (Lipinski definition) is 2. The van der Waals surface area contributed by atoms with Crippen LogP contribution in [0.4, 0.5) is 10.5 Å². The van der Waals surface area contributed by atoms with E-state index in [1.807, 2.05) is 30.3 Å². The molecular weight excluding hydrogens is 512 g/mol. The molecule has 0 radical (unpaired) electrons. The number of para-hydroxylation sites is 1. The van der Waals surface area contributed by atoms with E-state index in [4.69, 9.17) is 9.47 Å². The molecule has 1 atom stereocenters. The lowest BCUT2D eigenvalue weighted by Crippen LogP contribution is -2.42. The predicted molar refractivity (Wildman–Crippen MR) is 164 cm³/mol. The lowest BCUT2D eigenvalue weighted by Gasteiger charge is -2.38. The number of urea groups is 1. The largest absolute Gasteiger partial charge is 0.493 e. The highest BCUT2D eigenvalue weighted by atomic mass is 16.5. The molecule has 2 amide bonds. The lowest BCUT2D eigenvalue weighted by molar-refractivity contribution is 0.183. The van der Waals surface area contributed by atoms with E-state index in [0.717, 1.165) is 54.0 Å². The molecule has 0 aliphatic carbocycles. The van der Waals surface area contributed by atoms with E-state index in [0.29, 0.717) is 6.54 Å². The molecule has 7 heteroatoms. The molecular formula is C34H34N4O3. The molecule has 4 aromatic carbocycles. The molecule has 1 unspecified atom stereocenters. The summed E-state index contributed by atoms with van der Waals surface area (Å²) in [5.41, 5.74) is 5.39. The molecule has 208 valence electrons. The number of nitrogens with one attached hydrogen (secondary N) is 2. The third-order valence-electron chi connectivity index (χ3n) is 7.94. The maximum atomic E-state index is 12.9. The van der Waals surface area contributed by atoms with Gasteiger partial charge >= 0.3 is 6.03 Å². The fraction of sp³-hybridized carbons (Fsp3) is 0.235. The topological polar surface area (TPSA) is 75.7 Å². The Bertz CT molecular complexity index is 1700. The number of carbonyl (C=O) groups excluding carboxylic acids is 1. The summed E-state index contributed by atoms with van der Waals surface area (Å²) in [4.78, 5) is 19.7. The quantitative estimate of drug-likeness (QED) is 0.237. The van der Waals surface area contributed by atoms with E-state index in [2.05, 4.69) is 75.1 Å². The van der Waals surface area contributed by atoms with Crippen LogP contribution in [0.1, 0.15) is 22.7 Å². The fourth-order valence-corrected chi connectivity index (χ4v) is 5.86. The summed E-state index contributed by atoms with van der Waals surface area (Å²) in [5.74, 6) is 1.49. The van der Waals surface area contributed by atoms with Gasteiger partial charge in [-0.1, -0.05) is 60.7 Å². The van der Waals surface area contributed by atoms with Crippen LogP contribution in [0.3, 0.4) is 0 Å². The van der Waals surface area contributed by atoms with Crippen LogP contribution >= 0.6 is 0 Å². The van der Waals surface area contributed by atoms with E-state index < -0.39 is 0 Å². The number of anilines is 1. The van der Waals surface area contributed by atoms with Gasteiger partial charge in [-0.15, -0.1) is 0 Å². The number of methoxy groups -OCH3 is 2. The van der Waals surface area contributed by atoms with Gasteiger partial charge in [0.25, 0.3) is 0 Å². The van der Waals surface area contributed by atoms with Crippen molar-refractivity contribution in [1.29, 1.82) is 0 Å². The first kappa shape index (κ1) is 26.6. The molecule has 0 fully saturated rings. The molecule has 7 nitrogen and oxygen atoms in total. The summed E-state index contributed by atoms with van der Waals surface area (Å²) in [6.07, 6.45) is 3.46. The minimum atomic E-state index is -0.226. The Balaban J connectivity index is 1.20. The average molecular weight is 547 g/mol. The third kappa shape index (κ3) is 5.67. The fourth-order valence-electron chi connectivity index (χ4n) is 5.86. The van der Waals surface area contributed by atoms with Crippen LogP contribution in [-0.2, 0) is 12.8 Å². The number of carbonyl (C=O) groups is 1. The third-order valence-corrected chi connectivity index (χ3v) is 7.94. The van der Waals surface area contributed by atoms with Gasteiger partial charge in [-0.05, 0) is 64.6 Å². The van der Waals surface area contributed by atoms with Gasteiger partial charge in [0.05, 0.1) is 25.4 Å². The van der Waals surface area contributed by atoms with Crippen molar-refractivity contribution in [2.75, 3.05) is 39.2 Å². The molecule has 1 aliphatic rings. The van der Waals surface area contributed by atoms with E-state index in [1.54, 1.807) is 20.4 Å². The number of nitrogens with zero attached hydrogens (tertiary/aromatic N) is 2. The molecule has 1 aromatic heterocycles. The van der Waals surface area contributed by atoms with E-state index in [1.165, 1.54) is 27.5 Å². The number of aromatic nitrogens is 1. The number of fused-ring (bicyclic) bond motifs is 3. The minimum absolute atomic E-state index is 0.133. The van der Waals surface area contributed by atoms with Crippen molar-refractivity contribution in [1.82, 2.24) is 15.2 Å². The van der Waals surface area contributed by atoms with Gasteiger partial charge < -0.3 is 20.1 Å². The van der Waals surface area contributed by atoms with Gasteiger partial charge in [0.15, 0.2) is 11.5 Å². The number of benzene rings is 4. The van der Waals surface area contributed by atoms with E-state index in [9.17, 15) is 4.79 Å². The van der Waals surface area contributed by atoms with Gasteiger partial charge in [0, 0.05) is 37.3 Å². The SMILES string of the molecule is COc1cc2c(cc1OC)C(Cc1ccc3ccccc3c1)N(CCNC(=O)Nc1ccnc3ccccc13)CC2. The zero-order chi connectivity index (χ0) is 28.2. The van der Waals surface area contributed by atoms with Crippen molar-refractivity contribution in [2.45, 2.75) is 18.9 Å². The highest BCUT2D eigenvalue weighted by Gasteiger charge is 2.29. The zero-order valence-electron chi connectivity index (χ0n) is 23.4. The van der Waals surface area contributed by atoms with Crippen molar-refractivity contribution in [3.8, 4) is 11.5 Å². The number of hydrogen-bond acceptors (Lipinski definition) is 5. The van der Waals surface area contributed by atoms with Gasteiger partial charge in [0.1, 0.15) is 0 Å². The molecule has 5 aromatic rings. The van der Waals surface area contributed by atoms with Gasteiger partial charge in [-0.3, -0.25) is 9.88 Å². The summed E-state index contributed by atoms with van der Waals surface area (Å²) in [6, 6.07) is 28.9. The Hall–Kier alpha value is -4.62. The van der Waals surface area contributed by atoms with Gasteiger partial charge in [0.2, 0.25) is 0 Å². The summed E-state index contributed by atoms with van der Waals surface area (Å²) < 4.78 is 11.3. The lowest BCUT2D eigenvalue weighted by atomic mass is 9.87. The molecule has 2 heterocycles. The maximum Gasteiger partial charge on any atom is 0.319 e. The second-order valence-corrected chi connectivity index (χ2v) is 10.3. The predicted octanol–water partition coefficient (Wildman–Crippen LogP) is 6.37. The summed E-state index contributed by atoms with van der Waals surface area (Å²) in [5, 5.41) is 9.44. The van der Waals surface area contributed by atoms with E-state index >= 15 is 0 Å². The number of pyridine rings is 1. The molecule has 2 N–H and O–H groups in total. The van der Waals surface area contributed by atoms with Gasteiger partial charge in [-0.25, -0.2) is 4.79 Å². The van der Waals surface area contributed by atoms with Crippen LogP contribution in [0.15, 0.2) is 91.1 Å².